The summed E-state index contributed by atoms with van der Waals surface area (Å²) in [4.78, 5) is 25.9. The molecule has 0 aromatic heterocycles. The Morgan fingerprint density at radius 1 is 1.14 bits per heavy atom. The SMILES string of the molecule is O=C(NCCC(=O)N1CC[C@](O)(c2ccccc2)[C@@H](O)C1)c1ccc(F)cc1. The first kappa shape index (κ1) is 20.0. The van der Waals surface area contributed by atoms with Crippen molar-refractivity contribution in [2.45, 2.75) is 24.5 Å². The fourth-order valence-electron chi connectivity index (χ4n) is 3.36. The highest BCUT2D eigenvalue weighted by atomic mass is 19.1. The number of aliphatic hydroxyl groups is 2. The maximum Gasteiger partial charge on any atom is 0.251 e. The van der Waals surface area contributed by atoms with E-state index in [4.69, 9.17) is 0 Å². The molecular formula is C21H23FN2O4. The molecular weight excluding hydrogens is 363 g/mol. The lowest BCUT2D eigenvalue weighted by Gasteiger charge is -2.42. The number of benzene rings is 2. The van der Waals surface area contributed by atoms with Crippen LogP contribution in [0.1, 0.15) is 28.8 Å². The van der Waals surface area contributed by atoms with E-state index in [0.29, 0.717) is 17.7 Å². The van der Waals surface area contributed by atoms with Crippen LogP contribution >= 0.6 is 0 Å². The molecule has 1 aliphatic rings. The van der Waals surface area contributed by atoms with Crippen LogP contribution in [0.5, 0.6) is 0 Å². The van der Waals surface area contributed by atoms with E-state index in [9.17, 15) is 24.2 Å². The molecule has 28 heavy (non-hydrogen) atoms. The molecule has 148 valence electrons. The lowest BCUT2D eigenvalue weighted by atomic mass is 9.82. The van der Waals surface area contributed by atoms with Crippen molar-refractivity contribution in [3.63, 3.8) is 0 Å². The van der Waals surface area contributed by atoms with Gasteiger partial charge in [-0.3, -0.25) is 9.59 Å². The quantitative estimate of drug-likeness (QED) is 0.725. The first-order valence-corrected chi connectivity index (χ1v) is 9.17. The third-order valence-corrected chi connectivity index (χ3v) is 5.06. The van der Waals surface area contributed by atoms with Gasteiger partial charge in [0.05, 0.1) is 0 Å². The van der Waals surface area contributed by atoms with E-state index >= 15 is 0 Å². The highest BCUT2D eigenvalue weighted by Gasteiger charge is 2.42. The van der Waals surface area contributed by atoms with Crippen LogP contribution in [0.3, 0.4) is 0 Å². The average Bonchev–Trinajstić information content (AvgIpc) is 2.71. The van der Waals surface area contributed by atoms with Gasteiger partial charge in [-0.15, -0.1) is 0 Å². The number of hydrogen-bond acceptors (Lipinski definition) is 4. The van der Waals surface area contributed by atoms with E-state index in [1.165, 1.54) is 29.2 Å². The summed E-state index contributed by atoms with van der Waals surface area (Å²) >= 11 is 0. The molecule has 1 aliphatic heterocycles. The van der Waals surface area contributed by atoms with Gasteiger partial charge in [0.2, 0.25) is 5.91 Å². The number of piperidine rings is 1. The Bertz CT molecular complexity index is 828. The van der Waals surface area contributed by atoms with Crippen LogP contribution in [-0.2, 0) is 10.4 Å². The van der Waals surface area contributed by atoms with Crippen molar-refractivity contribution < 1.29 is 24.2 Å². The van der Waals surface area contributed by atoms with Crippen LogP contribution < -0.4 is 5.32 Å². The monoisotopic (exact) mass is 386 g/mol. The van der Waals surface area contributed by atoms with Crippen LogP contribution in [0, 0.1) is 5.82 Å². The predicted molar refractivity (Wildman–Crippen MR) is 101 cm³/mol. The van der Waals surface area contributed by atoms with Gasteiger partial charge in [-0.1, -0.05) is 30.3 Å². The standard InChI is InChI=1S/C21H23FN2O4/c22-17-8-6-15(7-9-17)20(27)23-12-10-19(26)24-13-11-21(28,18(25)14-24)16-4-2-1-3-5-16/h1-9,18,25,28H,10-14H2,(H,23,27)/t18-,21-/m0/s1. The van der Waals surface area contributed by atoms with Gasteiger partial charge >= 0.3 is 0 Å². The topological polar surface area (TPSA) is 89.9 Å². The minimum Gasteiger partial charge on any atom is -0.388 e. The van der Waals surface area contributed by atoms with Gasteiger partial charge in [-0.05, 0) is 29.8 Å². The zero-order valence-electron chi connectivity index (χ0n) is 15.3. The van der Waals surface area contributed by atoms with E-state index in [-0.39, 0.29) is 37.7 Å². The third kappa shape index (κ3) is 4.37. The van der Waals surface area contributed by atoms with Crippen LogP contribution in [-0.4, -0.2) is 52.7 Å². The smallest absolute Gasteiger partial charge is 0.251 e. The summed E-state index contributed by atoms with van der Waals surface area (Å²) < 4.78 is 12.9. The molecule has 6 nitrogen and oxygen atoms in total. The molecule has 2 aromatic carbocycles. The third-order valence-electron chi connectivity index (χ3n) is 5.06. The first-order chi connectivity index (χ1) is 13.4. The summed E-state index contributed by atoms with van der Waals surface area (Å²) in [6, 6.07) is 14.1. The highest BCUT2D eigenvalue weighted by Crippen LogP contribution is 2.33. The molecule has 0 radical (unpaired) electrons. The number of β-amino-alcohol motifs (C(OH)–C–C–N with tert-alkyl or cyclic N) is 1. The summed E-state index contributed by atoms with van der Waals surface area (Å²) in [6.45, 7) is 0.466. The summed E-state index contributed by atoms with van der Waals surface area (Å²) in [6.07, 6.45) is -0.795. The molecule has 0 spiro atoms. The Kier molecular flexibility index (Phi) is 6.06. The Morgan fingerprint density at radius 2 is 1.82 bits per heavy atom. The fourth-order valence-corrected chi connectivity index (χ4v) is 3.36. The van der Waals surface area contributed by atoms with Gasteiger partial charge < -0.3 is 20.4 Å². The van der Waals surface area contributed by atoms with Gasteiger partial charge in [-0.25, -0.2) is 4.39 Å². The van der Waals surface area contributed by atoms with Crippen molar-refractivity contribution in [3.8, 4) is 0 Å². The van der Waals surface area contributed by atoms with Crippen LogP contribution in [0.4, 0.5) is 4.39 Å². The lowest BCUT2D eigenvalue weighted by molar-refractivity contribution is -0.151. The predicted octanol–water partition coefficient (Wildman–Crippen LogP) is 1.43. The summed E-state index contributed by atoms with van der Waals surface area (Å²) in [5.41, 5.74) is -0.439. The number of nitrogens with one attached hydrogen (secondary N) is 1. The maximum atomic E-state index is 12.9. The molecule has 0 bridgehead atoms. The van der Waals surface area contributed by atoms with Gasteiger partial charge in [-0.2, -0.15) is 0 Å². The first-order valence-electron chi connectivity index (χ1n) is 9.17. The van der Waals surface area contributed by atoms with Crippen molar-refractivity contribution >= 4 is 11.8 Å². The Balaban J connectivity index is 1.49. The number of carbonyl (C=O) groups is 2. The Morgan fingerprint density at radius 3 is 2.46 bits per heavy atom. The zero-order chi connectivity index (χ0) is 20.1. The maximum absolute atomic E-state index is 12.9. The van der Waals surface area contributed by atoms with E-state index in [0.717, 1.165) is 0 Å². The van der Waals surface area contributed by atoms with Gasteiger partial charge in [0.15, 0.2) is 0 Å². The van der Waals surface area contributed by atoms with E-state index < -0.39 is 17.5 Å². The number of halogens is 1. The molecule has 1 saturated heterocycles. The largest absolute Gasteiger partial charge is 0.388 e. The number of aliphatic hydroxyl groups excluding tert-OH is 1. The van der Waals surface area contributed by atoms with Crippen LogP contribution in [0.2, 0.25) is 0 Å². The summed E-state index contributed by atoms with van der Waals surface area (Å²) in [5.74, 6) is -1.02. The second kappa shape index (κ2) is 8.50. The second-order valence-electron chi connectivity index (χ2n) is 6.91. The van der Waals surface area contributed by atoms with Crippen molar-refractivity contribution in [2.75, 3.05) is 19.6 Å². The number of amides is 2. The minimum absolute atomic E-state index is 0.0239. The van der Waals surface area contributed by atoms with Crippen LogP contribution in [0.15, 0.2) is 54.6 Å². The van der Waals surface area contributed by atoms with E-state index in [1.54, 1.807) is 24.3 Å². The molecule has 3 N–H and O–H groups in total. The van der Waals surface area contributed by atoms with E-state index in [1.807, 2.05) is 6.07 Å². The normalized spacial score (nSPS) is 22.0. The van der Waals surface area contributed by atoms with Crippen LogP contribution in [0.25, 0.3) is 0 Å². The number of likely N-dealkylation sites (tertiary alicyclic amines) is 1. The molecule has 0 aliphatic carbocycles. The summed E-state index contributed by atoms with van der Waals surface area (Å²) in [7, 11) is 0. The van der Waals surface area contributed by atoms with Gasteiger partial charge in [0, 0.05) is 38.0 Å². The molecule has 3 rings (SSSR count). The number of rotatable bonds is 5. The summed E-state index contributed by atoms with van der Waals surface area (Å²) in [5, 5.41) is 23.9. The molecule has 2 atom stereocenters. The fraction of sp³-hybridized carbons (Fsp3) is 0.333. The second-order valence-corrected chi connectivity index (χ2v) is 6.91. The number of carbonyl (C=O) groups excluding carboxylic acids is 2. The van der Waals surface area contributed by atoms with Crippen molar-refractivity contribution in [1.29, 1.82) is 0 Å². The van der Waals surface area contributed by atoms with Gasteiger partial charge in [0.1, 0.15) is 17.5 Å². The Hall–Kier alpha value is -2.77. The minimum atomic E-state index is -1.38. The zero-order valence-corrected chi connectivity index (χ0v) is 15.3. The molecule has 0 saturated carbocycles. The molecule has 1 fully saturated rings. The van der Waals surface area contributed by atoms with Gasteiger partial charge in [0.25, 0.3) is 5.91 Å². The molecule has 7 heteroatoms. The number of hydrogen-bond donors (Lipinski definition) is 3. The average molecular weight is 386 g/mol. The number of nitrogens with zero attached hydrogens (tertiary/aromatic N) is 1. The van der Waals surface area contributed by atoms with Crippen molar-refractivity contribution in [2.24, 2.45) is 0 Å². The molecule has 0 unspecified atom stereocenters. The molecule has 2 amide bonds. The Labute approximate surface area is 162 Å². The lowest BCUT2D eigenvalue weighted by Crippen LogP contribution is -2.55. The van der Waals surface area contributed by atoms with Crippen molar-refractivity contribution in [1.82, 2.24) is 10.2 Å². The molecule has 2 aromatic rings. The van der Waals surface area contributed by atoms with Crippen molar-refractivity contribution in [3.05, 3.63) is 71.5 Å². The highest BCUT2D eigenvalue weighted by molar-refractivity contribution is 5.94. The molecule has 1 heterocycles. The van der Waals surface area contributed by atoms with E-state index in [2.05, 4.69) is 5.32 Å².